The average Bonchev–Trinajstić information content (AvgIpc) is 3.13. The van der Waals surface area contributed by atoms with Gasteiger partial charge in [0.05, 0.1) is 11.0 Å². The van der Waals surface area contributed by atoms with E-state index >= 15 is 0 Å². The highest BCUT2D eigenvalue weighted by Crippen LogP contribution is 2.31. The summed E-state index contributed by atoms with van der Waals surface area (Å²) in [6.07, 6.45) is 1.76. The summed E-state index contributed by atoms with van der Waals surface area (Å²) >= 11 is 0. The van der Waals surface area contributed by atoms with Gasteiger partial charge in [0.15, 0.2) is 5.84 Å². The van der Waals surface area contributed by atoms with Gasteiger partial charge in [-0.2, -0.15) is 0 Å². The van der Waals surface area contributed by atoms with Crippen LogP contribution in [-0.4, -0.2) is 16.6 Å². The fourth-order valence-corrected chi connectivity index (χ4v) is 3.75. The van der Waals surface area contributed by atoms with Gasteiger partial charge in [0.25, 0.3) is 0 Å². The Hall–Kier alpha value is -3.98. The number of hydrogen-bond donors (Lipinski definition) is 1. The summed E-state index contributed by atoms with van der Waals surface area (Å²) in [6, 6.07) is 34.8. The molecule has 0 saturated carbocycles. The van der Waals surface area contributed by atoms with Crippen LogP contribution >= 0.6 is 0 Å². The molecule has 3 nitrogen and oxygen atoms in total. The molecule has 0 bridgehead atoms. The Kier molecular flexibility index (Phi) is 4.26. The first-order chi connectivity index (χ1) is 14.3. The average molecular weight is 373 g/mol. The largest absolute Gasteiger partial charge is 0.309 e. The molecule has 0 radical (unpaired) electrons. The Morgan fingerprint density at radius 1 is 0.690 bits per heavy atom. The second kappa shape index (κ2) is 7.21. The topological polar surface area (TPSA) is 41.1 Å². The molecular weight excluding hydrogens is 354 g/mol. The molecule has 0 spiro atoms. The van der Waals surface area contributed by atoms with Crippen molar-refractivity contribution in [1.29, 1.82) is 5.41 Å². The summed E-state index contributed by atoms with van der Waals surface area (Å²) in [5.74, 6) is 0.257. The number of para-hydroxylation sites is 2. The molecule has 29 heavy (non-hydrogen) atoms. The molecule has 0 saturated heterocycles. The van der Waals surface area contributed by atoms with Gasteiger partial charge in [-0.25, -0.2) is 4.99 Å². The zero-order valence-electron chi connectivity index (χ0n) is 15.8. The van der Waals surface area contributed by atoms with Crippen molar-refractivity contribution in [3.05, 3.63) is 114 Å². The van der Waals surface area contributed by atoms with Crippen LogP contribution in [0.3, 0.4) is 0 Å². The van der Waals surface area contributed by atoms with Crippen LogP contribution in [-0.2, 0) is 0 Å². The SMILES string of the molecule is N=C(/N=C/c1cccc(-n2c3ccccc3c3ccccc32)c1)c1ccccc1. The molecule has 5 aromatic rings. The lowest BCUT2D eigenvalue weighted by Crippen LogP contribution is -1.97. The molecule has 0 amide bonds. The minimum Gasteiger partial charge on any atom is -0.309 e. The van der Waals surface area contributed by atoms with Crippen LogP contribution in [0.2, 0.25) is 0 Å². The van der Waals surface area contributed by atoms with E-state index in [0.717, 1.165) is 16.8 Å². The second-order valence-corrected chi connectivity index (χ2v) is 6.94. The quantitative estimate of drug-likeness (QED) is 0.288. The fourth-order valence-electron chi connectivity index (χ4n) is 3.75. The third-order valence-electron chi connectivity index (χ3n) is 5.10. The lowest BCUT2D eigenvalue weighted by atomic mass is 10.2. The normalized spacial score (nSPS) is 11.4. The summed E-state index contributed by atoms with van der Waals surface area (Å²) in [6.45, 7) is 0. The Morgan fingerprint density at radius 2 is 1.31 bits per heavy atom. The smallest absolute Gasteiger partial charge is 0.151 e. The maximum absolute atomic E-state index is 8.18. The molecule has 1 heterocycles. The predicted octanol–water partition coefficient (Wildman–Crippen LogP) is 6.23. The third kappa shape index (κ3) is 3.13. The van der Waals surface area contributed by atoms with E-state index in [2.05, 4.69) is 70.2 Å². The van der Waals surface area contributed by atoms with Gasteiger partial charge in [-0.15, -0.1) is 0 Å². The van der Waals surface area contributed by atoms with Crippen LogP contribution < -0.4 is 0 Å². The van der Waals surface area contributed by atoms with E-state index in [1.54, 1.807) is 6.21 Å². The molecule has 0 unspecified atom stereocenters. The molecule has 0 aliphatic carbocycles. The van der Waals surface area contributed by atoms with Crippen LogP contribution in [0.5, 0.6) is 0 Å². The molecule has 4 aromatic carbocycles. The van der Waals surface area contributed by atoms with Crippen LogP contribution in [0.1, 0.15) is 11.1 Å². The Labute approximate surface area is 169 Å². The van der Waals surface area contributed by atoms with E-state index in [4.69, 9.17) is 5.41 Å². The summed E-state index contributed by atoms with van der Waals surface area (Å²) in [7, 11) is 0. The maximum atomic E-state index is 8.18. The lowest BCUT2D eigenvalue weighted by molar-refractivity contribution is 1.18. The molecule has 1 N–H and O–H groups in total. The van der Waals surface area contributed by atoms with Crippen molar-refractivity contribution < 1.29 is 0 Å². The van der Waals surface area contributed by atoms with Crippen molar-refractivity contribution in [2.24, 2.45) is 4.99 Å². The summed E-state index contributed by atoms with van der Waals surface area (Å²) in [4.78, 5) is 4.36. The first-order valence-corrected chi connectivity index (χ1v) is 9.58. The molecule has 3 heteroatoms. The summed E-state index contributed by atoms with van der Waals surface area (Å²) < 4.78 is 2.28. The van der Waals surface area contributed by atoms with Crippen molar-refractivity contribution in [1.82, 2.24) is 4.57 Å². The number of aromatic nitrogens is 1. The van der Waals surface area contributed by atoms with E-state index in [1.807, 2.05) is 42.5 Å². The van der Waals surface area contributed by atoms with Crippen LogP contribution in [0, 0.1) is 5.41 Å². The summed E-state index contributed by atoms with van der Waals surface area (Å²) in [5, 5.41) is 10.7. The van der Waals surface area contributed by atoms with Gasteiger partial charge in [0, 0.05) is 28.2 Å². The molecule has 138 valence electrons. The second-order valence-electron chi connectivity index (χ2n) is 6.94. The zero-order chi connectivity index (χ0) is 19.6. The van der Waals surface area contributed by atoms with Gasteiger partial charge in [-0.1, -0.05) is 78.9 Å². The number of fused-ring (bicyclic) bond motifs is 3. The van der Waals surface area contributed by atoms with Crippen molar-refractivity contribution >= 4 is 33.9 Å². The number of benzene rings is 4. The van der Waals surface area contributed by atoms with Crippen molar-refractivity contribution in [2.45, 2.75) is 0 Å². The standard InChI is InChI=1S/C26H19N3/c27-26(20-10-2-1-3-11-20)28-18-19-9-8-12-21(17-19)29-24-15-6-4-13-22(24)23-14-5-7-16-25(23)29/h1-18,27H/b27-26?,28-18+. The van der Waals surface area contributed by atoms with Gasteiger partial charge in [-0.05, 0) is 29.8 Å². The number of aliphatic imine (C=N–C) groups is 1. The highest BCUT2D eigenvalue weighted by molar-refractivity contribution is 6.09. The molecular formula is C26H19N3. The van der Waals surface area contributed by atoms with Crippen molar-refractivity contribution in [3.8, 4) is 5.69 Å². The Bertz CT molecular complexity index is 1310. The summed E-state index contributed by atoms with van der Waals surface area (Å²) in [5.41, 5.74) is 5.21. The predicted molar refractivity (Wildman–Crippen MR) is 122 cm³/mol. The van der Waals surface area contributed by atoms with Gasteiger partial charge >= 0.3 is 0 Å². The molecule has 0 aliphatic heterocycles. The molecule has 5 rings (SSSR count). The zero-order valence-corrected chi connectivity index (χ0v) is 15.8. The van der Waals surface area contributed by atoms with E-state index in [9.17, 15) is 0 Å². The molecule has 0 fully saturated rings. The van der Waals surface area contributed by atoms with Gasteiger partial charge in [0.2, 0.25) is 0 Å². The number of amidine groups is 1. The van der Waals surface area contributed by atoms with Gasteiger partial charge in [0.1, 0.15) is 0 Å². The van der Waals surface area contributed by atoms with E-state index < -0.39 is 0 Å². The van der Waals surface area contributed by atoms with Gasteiger partial charge in [-0.3, -0.25) is 5.41 Å². The number of nitrogens with one attached hydrogen (secondary N) is 1. The van der Waals surface area contributed by atoms with Crippen molar-refractivity contribution in [2.75, 3.05) is 0 Å². The minimum absolute atomic E-state index is 0.257. The third-order valence-corrected chi connectivity index (χ3v) is 5.10. The molecule has 1 aromatic heterocycles. The Balaban J connectivity index is 1.58. The van der Waals surface area contributed by atoms with E-state index in [0.29, 0.717) is 0 Å². The fraction of sp³-hybridized carbons (Fsp3) is 0. The van der Waals surface area contributed by atoms with Crippen LogP contribution in [0.15, 0.2) is 108 Å². The highest BCUT2D eigenvalue weighted by Gasteiger charge is 2.11. The maximum Gasteiger partial charge on any atom is 0.151 e. The molecule has 0 aliphatic rings. The minimum atomic E-state index is 0.257. The lowest BCUT2D eigenvalue weighted by Gasteiger charge is -2.08. The van der Waals surface area contributed by atoms with E-state index in [-0.39, 0.29) is 5.84 Å². The van der Waals surface area contributed by atoms with Crippen LogP contribution in [0.25, 0.3) is 27.5 Å². The number of hydrogen-bond acceptors (Lipinski definition) is 1. The van der Waals surface area contributed by atoms with Crippen LogP contribution in [0.4, 0.5) is 0 Å². The number of nitrogens with zero attached hydrogens (tertiary/aromatic N) is 2. The highest BCUT2D eigenvalue weighted by atomic mass is 15.0. The van der Waals surface area contributed by atoms with E-state index in [1.165, 1.54) is 21.8 Å². The first-order valence-electron chi connectivity index (χ1n) is 9.58. The Morgan fingerprint density at radius 3 is 2.00 bits per heavy atom. The number of rotatable bonds is 3. The van der Waals surface area contributed by atoms with Gasteiger partial charge < -0.3 is 4.57 Å². The first kappa shape index (κ1) is 17.1. The van der Waals surface area contributed by atoms with Crippen molar-refractivity contribution in [3.63, 3.8) is 0 Å². The molecule has 0 atom stereocenters. The monoisotopic (exact) mass is 373 g/mol.